The van der Waals surface area contributed by atoms with Crippen LogP contribution in [0.4, 0.5) is 18.9 Å². The van der Waals surface area contributed by atoms with E-state index in [1.807, 2.05) is 0 Å². The van der Waals surface area contributed by atoms with Crippen molar-refractivity contribution in [2.75, 3.05) is 11.9 Å². The Morgan fingerprint density at radius 2 is 2.04 bits per heavy atom. The number of hydrogen-bond acceptors (Lipinski definition) is 3. The molecule has 1 N–H and O–H groups in total. The molecule has 0 saturated heterocycles. The van der Waals surface area contributed by atoms with Gasteiger partial charge in [-0.3, -0.25) is 9.59 Å². The van der Waals surface area contributed by atoms with Gasteiger partial charge in [0.2, 0.25) is 0 Å². The number of rotatable bonds is 5. The topological polar surface area (TPSA) is 60.3 Å². The number of carbonyl (C=O) groups excluding carboxylic acids is 1. The van der Waals surface area contributed by atoms with Crippen LogP contribution in [0.2, 0.25) is 0 Å². The van der Waals surface area contributed by atoms with Gasteiger partial charge in [0.15, 0.2) is 0 Å². The molecule has 1 amide bonds. The minimum absolute atomic E-state index is 0.0257. The Hall–Kier alpha value is -2.77. The number of halogens is 3. The second kappa shape index (κ2) is 6.99. The molecule has 0 atom stereocenters. The van der Waals surface area contributed by atoms with Gasteiger partial charge in [0, 0.05) is 30.9 Å². The number of aryl methyl sites for hydroxylation is 1. The number of benzene rings is 1. The van der Waals surface area contributed by atoms with Crippen LogP contribution < -0.4 is 15.6 Å². The first kappa shape index (κ1) is 16.6. The minimum atomic E-state index is -2.74. The van der Waals surface area contributed by atoms with Crippen molar-refractivity contribution in [1.29, 1.82) is 0 Å². The lowest BCUT2D eigenvalue weighted by Crippen LogP contribution is -2.20. The zero-order valence-corrected chi connectivity index (χ0v) is 12.1. The average Bonchev–Trinajstić information content (AvgIpc) is 2.50. The monoisotopic (exact) mass is 326 g/mol. The molecule has 0 bridgehead atoms. The first-order valence-electron chi connectivity index (χ1n) is 6.55. The highest BCUT2D eigenvalue weighted by atomic mass is 19.3. The molecule has 5 nitrogen and oxygen atoms in total. The number of anilines is 1. The second-order valence-corrected chi connectivity index (χ2v) is 4.66. The molecule has 1 aromatic carbocycles. The summed E-state index contributed by atoms with van der Waals surface area (Å²) in [6.07, 6.45) is -1.32. The summed E-state index contributed by atoms with van der Waals surface area (Å²) in [7, 11) is 1.53. The maximum atomic E-state index is 13.2. The maximum Gasteiger partial charge on any atom is 0.272 e. The van der Waals surface area contributed by atoms with Crippen LogP contribution in [0.15, 0.2) is 41.3 Å². The Morgan fingerprint density at radius 1 is 1.30 bits per heavy atom. The van der Waals surface area contributed by atoms with Crippen molar-refractivity contribution < 1.29 is 22.7 Å². The molecule has 0 aliphatic rings. The van der Waals surface area contributed by atoms with Crippen molar-refractivity contribution in [2.24, 2.45) is 7.05 Å². The highest BCUT2D eigenvalue weighted by Crippen LogP contribution is 2.26. The largest absolute Gasteiger partial charge is 0.485 e. The number of alkyl halides is 2. The van der Waals surface area contributed by atoms with Gasteiger partial charge in [0.25, 0.3) is 17.9 Å². The highest BCUT2D eigenvalue weighted by molar-refractivity contribution is 6.04. The molecule has 1 aromatic heterocycles. The zero-order chi connectivity index (χ0) is 17.0. The van der Waals surface area contributed by atoms with E-state index in [0.717, 1.165) is 18.2 Å². The first-order valence-corrected chi connectivity index (χ1v) is 6.55. The summed E-state index contributed by atoms with van der Waals surface area (Å²) in [4.78, 5) is 23.6. The van der Waals surface area contributed by atoms with Crippen molar-refractivity contribution in [1.82, 2.24) is 4.57 Å². The van der Waals surface area contributed by atoms with Gasteiger partial charge < -0.3 is 14.6 Å². The molecule has 0 aliphatic heterocycles. The van der Waals surface area contributed by atoms with Crippen molar-refractivity contribution >= 4 is 11.6 Å². The number of nitrogens with zero attached hydrogens (tertiary/aromatic N) is 1. The zero-order valence-electron chi connectivity index (χ0n) is 12.1. The molecule has 0 radical (unpaired) electrons. The normalized spacial score (nSPS) is 10.7. The smallest absolute Gasteiger partial charge is 0.272 e. The van der Waals surface area contributed by atoms with Crippen LogP contribution >= 0.6 is 0 Å². The Morgan fingerprint density at radius 3 is 2.70 bits per heavy atom. The molecule has 2 rings (SSSR count). The van der Waals surface area contributed by atoms with E-state index in [-0.39, 0.29) is 22.6 Å². The maximum absolute atomic E-state index is 13.2. The average molecular weight is 326 g/mol. The summed E-state index contributed by atoms with van der Waals surface area (Å²) in [6, 6.07) is 5.67. The number of ether oxygens (including phenoxy) is 1. The molecule has 0 aliphatic carbocycles. The third-order valence-corrected chi connectivity index (χ3v) is 2.92. The highest BCUT2D eigenvalue weighted by Gasteiger charge is 2.13. The lowest BCUT2D eigenvalue weighted by molar-refractivity contribution is 0.0820. The van der Waals surface area contributed by atoms with Crippen LogP contribution in [0.5, 0.6) is 5.75 Å². The molecule has 8 heteroatoms. The van der Waals surface area contributed by atoms with E-state index in [9.17, 15) is 22.8 Å². The fourth-order valence-electron chi connectivity index (χ4n) is 1.76. The molecule has 23 heavy (non-hydrogen) atoms. The standard InChI is InChI=1S/C15H13F3N2O3/c1-20-5-4-9(6-14(20)21)15(22)19-11-3-2-10(16)7-12(11)23-8-13(17)18/h2-7,13H,8H2,1H3,(H,19,22). The van der Waals surface area contributed by atoms with Gasteiger partial charge in [-0.25, -0.2) is 13.2 Å². The van der Waals surface area contributed by atoms with E-state index >= 15 is 0 Å². The van der Waals surface area contributed by atoms with E-state index in [2.05, 4.69) is 5.32 Å². The molecule has 0 spiro atoms. The van der Waals surface area contributed by atoms with E-state index < -0.39 is 24.8 Å². The lowest BCUT2D eigenvalue weighted by atomic mass is 10.2. The van der Waals surface area contributed by atoms with E-state index in [1.54, 1.807) is 0 Å². The van der Waals surface area contributed by atoms with E-state index in [4.69, 9.17) is 4.74 Å². The predicted molar refractivity (Wildman–Crippen MR) is 77.5 cm³/mol. The van der Waals surface area contributed by atoms with Crippen LogP contribution in [0, 0.1) is 5.82 Å². The summed E-state index contributed by atoms with van der Waals surface area (Å²) in [5.41, 5.74) is -0.277. The SMILES string of the molecule is Cn1ccc(C(=O)Nc2ccc(F)cc2OCC(F)F)cc1=O. The third-order valence-electron chi connectivity index (χ3n) is 2.92. The van der Waals surface area contributed by atoms with Crippen LogP contribution in [0.1, 0.15) is 10.4 Å². The lowest BCUT2D eigenvalue weighted by Gasteiger charge is -2.12. The Kier molecular flexibility index (Phi) is 5.05. The molecule has 1 heterocycles. The summed E-state index contributed by atoms with van der Waals surface area (Å²) in [6.45, 7) is -0.932. The number of nitrogens with one attached hydrogen (secondary N) is 1. The molecular weight excluding hydrogens is 313 g/mol. The Balaban J connectivity index is 2.22. The van der Waals surface area contributed by atoms with Crippen LogP contribution in [-0.2, 0) is 7.05 Å². The van der Waals surface area contributed by atoms with Crippen LogP contribution in [0.25, 0.3) is 0 Å². The summed E-state index contributed by atoms with van der Waals surface area (Å²) in [5, 5.41) is 2.40. The van der Waals surface area contributed by atoms with Crippen molar-refractivity contribution in [3.05, 3.63) is 58.3 Å². The summed E-state index contributed by atoms with van der Waals surface area (Å²) < 4.78 is 43.7. The second-order valence-electron chi connectivity index (χ2n) is 4.66. The van der Waals surface area contributed by atoms with Gasteiger partial charge in [0.1, 0.15) is 18.2 Å². The molecule has 122 valence electrons. The van der Waals surface area contributed by atoms with Crippen molar-refractivity contribution in [2.45, 2.75) is 6.43 Å². The molecule has 0 unspecified atom stereocenters. The third kappa shape index (κ3) is 4.35. The number of hydrogen-bond donors (Lipinski definition) is 1. The quantitative estimate of drug-likeness (QED) is 0.918. The number of aromatic nitrogens is 1. The van der Waals surface area contributed by atoms with Gasteiger partial charge in [-0.1, -0.05) is 0 Å². The van der Waals surface area contributed by atoms with Crippen molar-refractivity contribution in [3.63, 3.8) is 0 Å². The molecule has 2 aromatic rings. The minimum Gasteiger partial charge on any atom is -0.485 e. The fraction of sp³-hybridized carbons (Fsp3) is 0.200. The van der Waals surface area contributed by atoms with Gasteiger partial charge in [0.05, 0.1) is 5.69 Å². The molecular formula is C15H13F3N2O3. The van der Waals surface area contributed by atoms with Crippen molar-refractivity contribution in [3.8, 4) is 5.75 Å². The van der Waals surface area contributed by atoms with E-state index in [0.29, 0.717) is 0 Å². The molecule has 0 saturated carbocycles. The Labute approximate surface area is 129 Å². The molecule has 0 fully saturated rings. The summed E-state index contributed by atoms with van der Waals surface area (Å²) in [5.74, 6) is -1.56. The van der Waals surface area contributed by atoms with Gasteiger partial charge in [-0.15, -0.1) is 0 Å². The predicted octanol–water partition coefficient (Wildman–Crippen LogP) is 2.42. The first-order chi connectivity index (χ1) is 10.9. The summed E-state index contributed by atoms with van der Waals surface area (Å²) >= 11 is 0. The van der Waals surface area contributed by atoms with Crippen LogP contribution in [-0.4, -0.2) is 23.5 Å². The number of carbonyl (C=O) groups is 1. The van der Waals surface area contributed by atoms with Crippen LogP contribution in [0.3, 0.4) is 0 Å². The number of pyridine rings is 1. The van der Waals surface area contributed by atoms with Gasteiger partial charge >= 0.3 is 0 Å². The fourth-order valence-corrected chi connectivity index (χ4v) is 1.76. The van der Waals surface area contributed by atoms with E-state index in [1.165, 1.54) is 29.9 Å². The Bertz CT molecular complexity index is 775. The van der Waals surface area contributed by atoms with Gasteiger partial charge in [-0.05, 0) is 18.2 Å². The van der Waals surface area contributed by atoms with Gasteiger partial charge in [-0.2, -0.15) is 0 Å². The number of amides is 1.